The van der Waals surface area contributed by atoms with Crippen molar-refractivity contribution in [1.82, 2.24) is 0 Å². The molecule has 0 bridgehead atoms. The molecule has 5 N–H and O–H groups in total. The summed E-state index contributed by atoms with van der Waals surface area (Å²) in [6, 6.07) is -0.833. The van der Waals surface area contributed by atoms with Gasteiger partial charge in [0.2, 0.25) is 0 Å². The van der Waals surface area contributed by atoms with Gasteiger partial charge in [0.25, 0.3) is 0 Å². The second-order valence-corrected chi connectivity index (χ2v) is 3.46. The summed E-state index contributed by atoms with van der Waals surface area (Å²) in [6.07, 6.45) is -5.08. The highest BCUT2D eigenvalue weighted by atomic mass is 35.5. The molecule has 0 spiro atoms. The molecule has 2 amide bonds. The monoisotopic (exact) mass is 310 g/mol. The van der Waals surface area contributed by atoms with E-state index in [9.17, 15) is 18.0 Å². The Morgan fingerprint density at radius 1 is 1.26 bits per heavy atom. The van der Waals surface area contributed by atoms with Gasteiger partial charge in [-0.25, -0.2) is 14.4 Å². The summed E-state index contributed by atoms with van der Waals surface area (Å²) in [4.78, 5) is 27.8. The molecular weight excluding hydrogens is 297 g/mol. The number of rotatable bonds is 2. The van der Waals surface area contributed by atoms with Gasteiger partial charge in [0.05, 0.1) is 6.61 Å². The van der Waals surface area contributed by atoms with Crippen LogP contribution in [0.2, 0.25) is 0 Å². The summed E-state index contributed by atoms with van der Waals surface area (Å²) in [5, 5.41) is 7.12. The van der Waals surface area contributed by atoms with Crippen LogP contribution in [0.3, 0.4) is 0 Å². The fourth-order valence-corrected chi connectivity index (χ4v) is 0.295. The lowest BCUT2D eigenvalue weighted by Gasteiger charge is -2.00. The van der Waals surface area contributed by atoms with Crippen molar-refractivity contribution in [2.45, 2.75) is 20.0 Å². The molecule has 7 nitrogen and oxygen atoms in total. The average molecular weight is 311 g/mol. The maximum Gasteiger partial charge on any atom is 0.490 e. The first-order valence-corrected chi connectivity index (χ1v) is 4.85. The number of carboxylic acid groups (broad SMARTS) is 1. The lowest BCUT2D eigenvalue weighted by molar-refractivity contribution is -0.192. The second-order valence-electron chi connectivity index (χ2n) is 3.15. The summed E-state index contributed by atoms with van der Waals surface area (Å²) >= 11 is 4.86. The van der Waals surface area contributed by atoms with Crippen LogP contribution >= 0.6 is 11.6 Å². The van der Waals surface area contributed by atoms with Gasteiger partial charge in [0, 0.05) is 11.6 Å². The van der Waals surface area contributed by atoms with E-state index in [1.54, 1.807) is 0 Å². The Balaban J connectivity index is -0.000000214. The Kier molecular flexibility index (Phi) is 13.5. The number of halogens is 4. The molecule has 0 aromatic heterocycles. The van der Waals surface area contributed by atoms with E-state index in [2.05, 4.69) is 16.2 Å². The Bertz CT molecular complexity index is 293. The van der Waals surface area contributed by atoms with Crippen LogP contribution in [0.5, 0.6) is 0 Å². The molecular formula is C8H14ClF3N2O5. The van der Waals surface area contributed by atoms with Gasteiger partial charge >= 0.3 is 23.6 Å². The van der Waals surface area contributed by atoms with E-state index >= 15 is 0 Å². The number of hydrogen-bond acceptors (Lipinski definition) is 4. The van der Waals surface area contributed by atoms with Crippen molar-refractivity contribution in [2.24, 2.45) is 17.4 Å². The molecule has 0 atom stereocenters. The van der Waals surface area contributed by atoms with E-state index in [0.717, 1.165) is 0 Å². The Hall–Kier alpha value is -1.71. The number of aliphatic carboxylic acids is 1. The highest BCUT2D eigenvalue weighted by Gasteiger charge is 2.38. The third kappa shape index (κ3) is 38.5. The van der Waals surface area contributed by atoms with Crippen LogP contribution in [0.15, 0.2) is 0 Å². The SMILES string of the molecule is CC(C)COC(=O)Cl.NC(N)=O.O=C(O)C(F)(F)F. The molecule has 0 radical (unpaired) electrons. The Morgan fingerprint density at radius 3 is 1.58 bits per heavy atom. The third-order valence-electron chi connectivity index (χ3n) is 0.773. The van der Waals surface area contributed by atoms with E-state index in [1.165, 1.54) is 0 Å². The molecule has 0 aromatic rings. The van der Waals surface area contributed by atoms with Gasteiger partial charge < -0.3 is 21.3 Å². The number of carbonyl (C=O) groups excluding carboxylic acids is 2. The van der Waals surface area contributed by atoms with Gasteiger partial charge in [-0.2, -0.15) is 13.2 Å². The van der Waals surface area contributed by atoms with Crippen LogP contribution in [0, 0.1) is 5.92 Å². The first-order chi connectivity index (χ1) is 8.30. The van der Waals surface area contributed by atoms with Gasteiger partial charge in [-0.1, -0.05) is 13.8 Å². The van der Waals surface area contributed by atoms with Crippen molar-refractivity contribution in [2.75, 3.05) is 6.61 Å². The van der Waals surface area contributed by atoms with E-state index in [-0.39, 0.29) is 0 Å². The summed E-state index contributed by atoms with van der Waals surface area (Å²) in [7, 11) is 0. The average Bonchev–Trinajstić information content (AvgIpc) is 2.13. The topological polar surface area (TPSA) is 133 Å². The molecule has 0 unspecified atom stereocenters. The van der Waals surface area contributed by atoms with Crippen LogP contribution in [-0.4, -0.2) is 35.3 Å². The zero-order valence-corrected chi connectivity index (χ0v) is 10.8. The minimum atomic E-state index is -5.08. The van der Waals surface area contributed by atoms with Gasteiger partial charge in [-0.05, 0) is 5.92 Å². The molecule has 0 fully saturated rings. The number of nitrogens with two attached hydrogens (primary N) is 2. The van der Waals surface area contributed by atoms with Crippen molar-refractivity contribution in [1.29, 1.82) is 0 Å². The molecule has 0 saturated carbocycles. The largest absolute Gasteiger partial charge is 0.490 e. The zero-order valence-electron chi connectivity index (χ0n) is 10.0. The van der Waals surface area contributed by atoms with Gasteiger partial charge in [0.1, 0.15) is 0 Å². The van der Waals surface area contributed by atoms with Crippen molar-refractivity contribution < 1.29 is 37.4 Å². The van der Waals surface area contributed by atoms with Crippen molar-refractivity contribution in [3.63, 3.8) is 0 Å². The zero-order chi connectivity index (χ0) is 16.2. The minimum absolute atomic E-state index is 0.359. The van der Waals surface area contributed by atoms with E-state index in [4.69, 9.17) is 26.3 Å². The van der Waals surface area contributed by atoms with Gasteiger partial charge in [0.15, 0.2) is 0 Å². The second kappa shape index (κ2) is 11.4. The molecule has 0 aliphatic rings. The molecule has 114 valence electrons. The standard InChI is InChI=1S/C5H9ClO2.C2HF3O2.CH4N2O/c1-4(2)3-8-5(6)7;3-2(4,5)1(6)7;2-1(3)4/h4H,3H2,1-2H3;(H,6,7);(H4,2,3,4). The lowest BCUT2D eigenvalue weighted by atomic mass is 10.2. The maximum atomic E-state index is 10.6. The number of hydrogen-bond donors (Lipinski definition) is 3. The first-order valence-electron chi connectivity index (χ1n) is 4.48. The Morgan fingerprint density at radius 2 is 1.53 bits per heavy atom. The molecule has 0 aliphatic carbocycles. The highest BCUT2D eigenvalue weighted by molar-refractivity contribution is 6.61. The van der Waals surface area contributed by atoms with Crippen LogP contribution in [0.1, 0.15) is 13.8 Å². The summed E-state index contributed by atoms with van der Waals surface area (Å²) in [5.74, 6) is -2.40. The molecule has 19 heavy (non-hydrogen) atoms. The number of ether oxygens (including phenoxy) is 1. The fraction of sp³-hybridized carbons (Fsp3) is 0.625. The number of carbonyl (C=O) groups is 3. The predicted molar refractivity (Wildman–Crippen MR) is 59.5 cm³/mol. The number of alkyl halides is 3. The van der Waals surface area contributed by atoms with Crippen LogP contribution in [0.25, 0.3) is 0 Å². The quantitative estimate of drug-likeness (QED) is 0.667. The number of urea groups is 1. The first kappa shape index (κ1) is 22.5. The maximum absolute atomic E-state index is 10.6. The van der Waals surface area contributed by atoms with Crippen LogP contribution in [-0.2, 0) is 9.53 Å². The summed E-state index contributed by atoms with van der Waals surface area (Å²) < 4.78 is 36.2. The van der Waals surface area contributed by atoms with Gasteiger partial charge in [-0.15, -0.1) is 0 Å². The normalized spacial score (nSPS) is 9.42. The molecule has 0 saturated heterocycles. The van der Waals surface area contributed by atoms with Crippen LogP contribution in [0.4, 0.5) is 22.8 Å². The molecule has 0 aliphatic heterocycles. The van der Waals surface area contributed by atoms with Crippen LogP contribution < -0.4 is 11.5 Å². The van der Waals surface area contributed by atoms with Crippen molar-refractivity contribution in [3.05, 3.63) is 0 Å². The van der Waals surface area contributed by atoms with Crippen molar-refractivity contribution in [3.8, 4) is 0 Å². The summed E-state index contributed by atoms with van der Waals surface area (Å²) in [6.45, 7) is 4.29. The van der Waals surface area contributed by atoms with E-state index in [0.29, 0.717) is 12.5 Å². The summed E-state index contributed by atoms with van der Waals surface area (Å²) in [5.41, 5.74) is 7.78. The number of carboxylic acids is 1. The predicted octanol–water partition coefficient (Wildman–Crippen LogP) is 1.67. The number of amides is 2. The molecule has 11 heteroatoms. The fourth-order valence-electron chi connectivity index (χ4n) is 0.232. The smallest absolute Gasteiger partial charge is 0.475 e. The van der Waals surface area contributed by atoms with E-state index < -0.39 is 23.6 Å². The van der Waals surface area contributed by atoms with Crippen molar-refractivity contribution >= 4 is 29.0 Å². The minimum Gasteiger partial charge on any atom is -0.475 e. The van der Waals surface area contributed by atoms with Gasteiger partial charge in [-0.3, -0.25) is 0 Å². The molecule has 0 heterocycles. The Labute approximate surface area is 111 Å². The highest BCUT2D eigenvalue weighted by Crippen LogP contribution is 2.13. The van der Waals surface area contributed by atoms with E-state index in [1.807, 2.05) is 13.8 Å². The molecule has 0 rings (SSSR count). The molecule has 0 aromatic carbocycles. The third-order valence-corrected chi connectivity index (χ3v) is 0.882. The number of primary amides is 2. The lowest BCUT2D eigenvalue weighted by Crippen LogP contribution is -2.21.